The summed E-state index contributed by atoms with van der Waals surface area (Å²) in [5.74, 6) is 1.38. The number of H-pyrrole nitrogens is 1. The Hall–Kier alpha value is -3.30. The van der Waals surface area contributed by atoms with Crippen LogP contribution in [0.15, 0.2) is 75.4 Å². The molecule has 0 bridgehead atoms. The third-order valence-electron chi connectivity index (χ3n) is 5.02. The molecule has 32 heavy (non-hydrogen) atoms. The number of rotatable bonds is 9. The number of aromatic nitrogens is 4. The number of aliphatic hydroxyl groups excluding tert-OH is 1. The molecule has 1 atom stereocenters. The van der Waals surface area contributed by atoms with Gasteiger partial charge >= 0.3 is 5.69 Å². The second-order valence-electron chi connectivity index (χ2n) is 7.36. The molecule has 9 heteroatoms. The van der Waals surface area contributed by atoms with Gasteiger partial charge in [-0.1, -0.05) is 60.3 Å². The van der Waals surface area contributed by atoms with Gasteiger partial charge in [0, 0.05) is 12.8 Å². The summed E-state index contributed by atoms with van der Waals surface area (Å²) < 4.78 is 8.62. The van der Waals surface area contributed by atoms with Crippen molar-refractivity contribution in [2.45, 2.75) is 24.2 Å². The van der Waals surface area contributed by atoms with Gasteiger partial charge in [0.1, 0.15) is 18.5 Å². The highest BCUT2D eigenvalue weighted by atomic mass is 32.2. The molecular weight excluding hydrogens is 428 g/mol. The number of nitrogens with one attached hydrogen (secondary N) is 1. The lowest BCUT2D eigenvalue weighted by molar-refractivity contribution is 0.0914. The Morgan fingerprint density at radius 2 is 1.78 bits per heavy atom. The second-order valence-corrected chi connectivity index (χ2v) is 8.42. The average Bonchev–Trinajstić information content (AvgIpc) is 3.16. The molecule has 0 fully saturated rings. The number of para-hydroxylation sites is 1. The maximum absolute atomic E-state index is 12.6. The van der Waals surface area contributed by atoms with Gasteiger partial charge in [-0.3, -0.25) is 14.3 Å². The van der Waals surface area contributed by atoms with Crippen LogP contribution in [0.1, 0.15) is 5.56 Å². The predicted molar refractivity (Wildman–Crippen MR) is 124 cm³/mol. The fourth-order valence-electron chi connectivity index (χ4n) is 3.37. The zero-order valence-electron chi connectivity index (χ0n) is 17.6. The van der Waals surface area contributed by atoms with Crippen LogP contribution in [0.3, 0.4) is 0 Å². The Morgan fingerprint density at radius 1 is 1.09 bits per heavy atom. The zero-order chi connectivity index (χ0) is 22.5. The molecule has 0 amide bonds. The van der Waals surface area contributed by atoms with Gasteiger partial charge < -0.3 is 14.4 Å². The number of nitrogens with zero attached hydrogens (tertiary/aromatic N) is 3. The topological polar surface area (TPSA) is 102 Å². The highest BCUT2D eigenvalue weighted by molar-refractivity contribution is 7.99. The quantitative estimate of drug-likeness (QED) is 0.378. The molecule has 2 aromatic carbocycles. The van der Waals surface area contributed by atoms with Gasteiger partial charge in [-0.2, -0.15) is 0 Å². The van der Waals surface area contributed by atoms with E-state index in [9.17, 15) is 14.7 Å². The number of imidazole rings is 1. The molecule has 0 aliphatic rings. The molecule has 2 heterocycles. The Bertz CT molecular complexity index is 1300. The number of aryl methyl sites for hydroxylation is 2. The summed E-state index contributed by atoms with van der Waals surface area (Å²) in [6, 6.07) is 19.3. The Kier molecular flexibility index (Phi) is 6.77. The molecule has 166 valence electrons. The molecule has 0 spiro atoms. The van der Waals surface area contributed by atoms with Gasteiger partial charge in [-0.25, -0.2) is 9.78 Å². The number of hydrogen-bond donors (Lipinski definition) is 2. The molecule has 0 aliphatic heterocycles. The second kappa shape index (κ2) is 9.88. The SMILES string of the molecule is Cn1c(=O)[nH]c(=O)c2c1nc(SCCc1ccccc1)n2C[C@H](O)COc1ccccc1. The largest absolute Gasteiger partial charge is 0.491 e. The minimum absolute atomic E-state index is 0.0570. The summed E-state index contributed by atoms with van der Waals surface area (Å²) in [6.07, 6.45) is -0.0540. The van der Waals surface area contributed by atoms with Crippen molar-refractivity contribution < 1.29 is 9.84 Å². The van der Waals surface area contributed by atoms with Crippen LogP contribution in [0.2, 0.25) is 0 Å². The van der Waals surface area contributed by atoms with Gasteiger partial charge in [0.05, 0.1) is 6.54 Å². The number of fused-ring (bicyclic) bond motifs is 1. The van der Waals surface area contributed by atoms with Crippen LogP contribution >= 0.6 is 11.8 Å². The lowest BCUT2D eigenvalue weighted by Gasteiger charge is -2.15. The predicted octanol–water partition coefficient (Wildman–Crippen LogP) is 2.20. The lowest BCUT2D eigenvalue weighted by Crippen LogP contribution is -2.30. The van der Waals surface area contributed by atoms with E-state index in [0.717, 1.165) is 12.2 Å². The van der Waals surface area contributed by atoms with Gasteiger partial charge in [0.25, 0.3) is 5.56 Å². The Labute approximate surface area is 188 Å². The Balaban J connectivity index is 1.58. The summed E-state index contributed by atoms with van der Waals surface area (Å²) in [5.41, 5.74) is 0.692. The van der Waals surface area contributed by atoms with Gasteiger partial charge in [-0.05, 0) is 24.1 Å². The molecule has 0 unspecified atom stereocenters. The molecular formula is C23H24N4O4S. The normalized spacial score (nSPS) is 12.2. The van der Waals surface area contributed by atoms with Crippen molar-refractivity contribution in [1.29, 1.82) is 0 Å². The van der Waals surface area contributed by atoms with Gasteiger partial charge in [-0.15, -0.1) is 0 Å². The number of thioether (sulfide) groups is 1. The average molecular weight is 453 g/mol. The Morgan fingerprint density at radius 3 is 2.50 bits per heavy atom. The van der Waals surface area contributed by atoms with Crippen molar-refractivity contribution in [2.24, 2.45) is 7.05 Å². The molecule has 0 radical (unpaired) electrons. The van der Waals surface area contributed by atoms with E-state index in [1.54, 1.807) is 11.6 Å². The van der Waals surface area contributed by atoms with Crippen LogP contribution < -0.4 is 16.0 Å². The van der Waals surface area contributed by atoms with Crippen LogP contribution in [0.25, 0.3) is 11.2 Å². The van der Waals surface area contributed by atoms with Crippen LogP contribution in [0.5, 0.6) is 5.75 Å². The summed E-state index contributed by atoms with van der Waals surface area (Å²) in [5, 5.41) is 11.2. The molecule has 0 saturated carbocycles. The molecule has 8 nitrogen and oxygen atoms in total. The van der Waals surface area contributed by atoms with Crippen molar-refractivity contribution >= 4 is 22.9 Å². The number of aliphatic hydroxyl groups is 1. The van der Waals surface area contributed by atoms with Crippen molar-refractivity contribution in [1.82, 2.24) is 19.1 Å². The van der Waals surface area contributed by atoms with Crippen LogP contribution in [-0.4, -0.2) is 42.7 Å². The number of ether oxygens (including phenoxy) is 1. The maximum atomic E-state index is 12.6. The van der Waals surface area contributed by atoms with E-state index >= 15 is 0 Å². The number of hydrogen-bond acceptors (Lipinski definition) is 6. The van der Waals surface area contributed by atoms with Crippen molar-refractivity contribution in [2.75, 3.05) is 12.4 Å². The maximum Gasteiger partial charge on any atom is 0.329 e. The van der Waals surface area contributed by atoms with E-state index in [-0.39, 0.29) is 24.3 Å². The monoisotopic (exact) mass is 452 g/mol. The summed E-state index contributed by atoms with van der Waals surface area (Å²) in [7, 11) is 1.56. The van der Waals surface area contributed by atoms with Crippen molar-refractivity contribution in [3.63, 3.8) is 0 Å². The molecule has 2 aromatic heterocycles. The van der Waals surface area contributed by atoms with E-state index in [1.165, 1.54) is 21.9 Å². The standard InChI is InChI=1S/C23H24N4O4S/c1-26-20-19(21(29)25-22(26)30)27(14-17(28)15-31-18-10-6-3-7-11-18)23(24-20)32-13-12-16-8-4-2-5-9-16/h2-11,17,28H,12-15H2,1H3,(H,25,29,30)/t17-/m0/s1. The van der Waals surface area contributed by atoms with E-state index in [4.69, 9.17) is 4.74 Å². The first kappa shape index (κ1) is 21.9. The van der Waals surface area contributed by atoms with Crippen molar-refractivity contribution in [3.05, 3.63) is 87.1 Å². The first-order valence-electron chi connectivity index (χ1n) is 10.2. The third-order valence-corrected chi connectivity index (χ3v) is 5.99. The van der Waals surface area contributed by atoms with E-state index < -0.39 is 17.4 Å². The molecule has 0 aliphatic carbocycles. The van der Waals surface area contributed by atoms with Gasteiger partial charge in [0.15, 0.2) is 16.3 Å². The van der Waals surface area contributed by atoms with Crippen LogP contribution in [0.4, 0.5) is 0 Å². The molecule has 2 N–H and O–H groups in total. The van der Waals surface area contributed by atoms with E-state index in [2.05, 4.69) is 22.1 Å². The summed E-state index contributed by atoms with van der Waals surface area (Å²) in [6.45, 7) is 0.166. The van der Waals surface area contributed by atoms with E-state index in [1.807, 2.05) is 48.5 Å². The third kappa shape index (κ3) is 4.95. The molecule has 4 aromatic rings. The molecule has 0 saturated heterocycles. The lowest BCUT2D eigenvalue weighted by atomic mass is 10.2. The van der Waals surface area contributed by atoms with Crippen LogP contribution in [-0.2, 0) is 20.0 Å². The minimum atomic E-state index is -0.877. The number of benzene rings is 2. The first-order chi connectivity index (χ1) is 15.5. The first-order valence-corrected chi connectivity index (χ1v) is 11.2. The zero-order valence-corrected chi connectivity index (χ0v) is 18.4. The number of aromatic amines is 1. The molecule has 4 rings (SSSR count). The van der Waals surface area contributed by atoms with E-state index in [0.29, 0.717) is 10.9 Å². The fourth-order valence-corrected chi connectivity index (χ4v) is 4.36. The van der Waals surface area contributed by atoms with Crippen LogP contribution in [0, 0.1) is 0 Å². The highest BCUT2D eigenvalue weighted by Crippen LogP contribution is 2.23. The van der Waals surface area contributed by atoms with Gasteiger partial charge in [0.2, 0.25) is 0 Å². The highest BCUT2D eigenvalue weighted by Gasteiger charge is 2.20. The van der Waals surface area contributed by atoms with Crippen molar-refractivity contribution in [3.8, 4) is 5.75 Å². The minimum Gasteiger partial charge on any atom is -0.491 e. The summed E-state index contributed by atoms with van der Waals surface area (Å²) >= 11 is 1.48. The fraction of sp³-hybridized carbons (Fsp3) is 0.261. The smallest absolute Gasteiger partial charge is 0.329 e. The summed E-state index contributed by atoms with van der Waals surface area (Å²) in [4.78, 5) is 31.5.